The highest BCUT2D eigenvalue weighted by atomic mass is 16.5. The molecule has 0 aromatic carbocycles. The second-order valence-corrected chi connectivity index (χ2v) is 6.03. The van der Waals surface area contributed by atoms with Crippen molar-refractivity contribution in [2.75, 3.05) is 19.5 Å². The zero-order valence-corrected chi connectivity index (χ0v) is 15.8. The van der Waals surface area contributed by atoms with Crippen molar-refractivity contribution >= 4 is 11.5 Å². The molecule has 0 bridgehead atoms. The Bertz CT molecular complexity index is 1180. The smallest absolute Gasteiger partial charge is 0.231 e. The molecule has 0 fully saturated rings. The summed E-state index contributed by atoms with van der Waals surface area (Å²) in [4.78, 5) is 17.4. The molecule has 0 spiro atoms. The fourth-order valence-corrected chi connectivity index (χ4v) is 2.82. The van der Waals surface area contributed by atoms with Crippen LogP contribution in [0.3, 0.4) is 0 Å². The highest BCUT2D eigenvalue weighted by molar-refractivity contribution is 5.74. The molecule has 9 nitrogen and oxygen atoms in total. The Morgan fingerprint density at radius 3 is 2.69 bits per heavy atom. The Balaban J connectivity index is 1.55. The Labute approximate surface area is 166 Å². The molecule has 0 aliphatic rings. The van der Waals surface area contributed by atoms with Crippen molar-refractivity contribution < 1.29 is 9.47 Å². The zero-order chi connectivity index (χ0) is 20.2. The number of hydrogen-bond donors (Lipinski definition) is 1. The topological polar surface area (TPSA) is 110 Å². The molecule has 0 aliphatic carbocycles. The van der Waals surface area contributed by atoms with Crippen molar-refractivity contribution in [1.29, 1.82) is 5.26 Å². The van der Waals surface area contributed by atoms with Crippen LogP contribution in [0.4, 0.5) is 5.82 Å². The summed E-state index contributed by atoms with van der Waals surface area (Å²) < 4.78 is 12.6. The lowest BCUT2D eigenvalue weighted by Crippen LogP contribution is -2.00. The SMILES string of the molecule is CNc1c(-c2ccc(OCc3cnc(OC)cn3)cn2)nc2cc(C#N)ccn12. The van der Waals surface area contributed by atoms with E-state index in [4.69, 9.17) is 14.7 Å². The summed E-state index contributed by atoms with van der Waals surface area (Å²) in [5.41, 5.74) is 3.28. The van der Waals surface area contributed by atoms with Gasteiger partial charge in [0.05, 0.1) is 48.7 Å². The van der Waals surface area contributed by atoms with Crippen LogP contribution in [0.2, 0.25) is 0 Å². The van der Waals surface area contributed by atoms with Gasteiger partial charge in [-0.15, -0.1) is 0 Å². The number of anilines is 1. The number of rotatable bonds is 6. The second kappa shape index (κ2) is 7.82. The predicted octanol–water partition coefficient (Wildman–Crippen LogP) is 2.69. The van der Waals surface area contributed by atoms with Crippen molar-refractivity contribution in [2.24, 2.45) is 0 Å². The van der Waals surface area contributed by atoms with Crippen molar-refractivity contribution in [1.82, 2.24) is 24.3 Å². The summed E-state index contributed by atoms with van der Waals surface area (Å²) in [7, 11) is 3.36. The highest BCUT2D eigenvalue weighted by Crippen LogP contribution is 2.28. The Kier molecular flexibility index (Phi) is 4.90. The molecule has 4 rings (SSSR count). The van der Waals surface area contributed by atoms with Crippen LogP contribution in [0, 0.1) is 11.3 Å². The Morgan fingerprint density at radius 1 is 1.14 bits per heavy atom. The van der Waals surface area contributed by atoms with Gasteiger partial charge < -0.3 is 14.8 Å². The van der Waals surface area contributed by atoms with Gasteiger partial charge in [-0.2, -0.15) is 5.26 Å². The molecule has 9 heteroatoms. The maximum Gasteiger partial charge on any atom is 0.231 e. The quantitative estimate of drug-likeness (QED) is 0.538. The van der Waals surface area contributed by atoms with E-state index >= 15 is 0 Å². The van der Waals surface area contributed by atoms with Gasteiger partial charge in [-0.1, -0.05) is 0 Å². The summed E-state index contributed by atoms with van der Waals surface area (Å²) in [6.45, 7) is 0.269. The first-order valence-electron chi connectivity index (χ1n) is 8.76. The van der Waals surface area contributed by atoms with Crippen LogP contribution in [0.15, 0.2) is 49.1 Å². The van der Waals surface area contributed by atoms with Crippen LogP contribution < -0.4 is 14.8 Å². The minimum absolute atomic E-state index is 0.269. The molecule has 4 heterocycles. The molecule has 0 saturated carbocycles. The molecular weight excluding hydrogens is 370 g/mol. The maximum atomic E-state index is 9.09. The first-order chi connectivity index (χ1) is 14.2. The summed E-state index contributed by atoms with van der Waals surface area (Å²) in [5.74, 6) is 1.85. The number of nitriles is 1. The summed E-state index contributed by atoms with van der Waals surface area (Å²) >= 11 is 0. The van der Waals surface area contributed by atoms with Crippen molar-refractivity contribution in [3.8, 4) is 29.1 Å². The third-order valence-corrected chi connectivity index (χ3v) is 4.25. The standard InChI is InChI=1S/C20H17N7O2/c1-22-20-19(26-17-7-13(8-21)5-6-27(17)20)16-4-3-15(10-24-16)29-12-14-9-25-18(28-2)11-23-14/h3-7,9-11,22H,12H2,1-2H3. The minimum Gasteiger partial charge on any atom is -0.486 e. The first-order valence-corrected chi connectivity index (χ1v) is 8.76. The fourth-order valence-electron chi connectivity index (χ4n) is 2.82. The third kappa shape index (κ3) is 3.64. The number of hydrogen-bond acceptors (Lipinski definition) is 8. The molecule has 0 atom stereocenters. The minimum atomic E-state index is 0.269. The van der Waals surface area contributed by atoms with Crippen LogP contribution in [0.25, 0.3) is 17.0 Å². The fraction of sp³-hybridized carbons (Fsp3) is 0.150. The van der Waals surface area contributed by atoms with Gasteiger partial charge in [-0.25, -0.2) is 9.97 Å². The second-order valence-electron chi connectivity index (χ2n) is 6.03. The number of fused-ring (bicyclic) bond motifs is 1. The maximum absolute atomic E-state index is 9.09. The van der Waals surface area contributed by atoms with Gasteiger partial charge in [0.15, 0.2) is 0 Å². The van der Waals surface area contributed by atoms with E-state index in [1.807, 2.05) is 29.8 Å². The van der Waals surface area contributed by atoms with E-state index in [2.05, 4.69) is 31.3 Å². The lowest BCUT2D eigenvalue weighted by Gasteiger charge is -2.07. The number of pyridine rings is 2. The Morgan fingerprint density at radius 2 is 2.03 bits per heavy atom. The normalized spacial score (nSPS) is 10.5. The van der Waals surface area contributed by atoms with E-state index in [-0.39, 0.29) is 6.61 Å². The first kappa shape index (κ1) is 18.2. The van der Waals surface area contributed by atoms with E-state index in [9.17, 15) is 0 Å². The summed E-state index contributed by atoms with van der Waals surface area (Å²) in [5, 5.41) is 12.2. The van der Waals surface area contributed by atoms with Crippen LogP contribution in [0.1, 0.15) is 11.3 Å². The molecule has 29 heavy (non-hydrogen) atoms. The van der Waals surface area contributed by atoms with Gasteiger partial charge in [0.25, 0.3) is 0 Å². The van der Waals surface area contributed by atoms with E-state index in [1.54, 1.807) is 37.8 Å². The zero-order valence-electron chi connectivity index (χ0n) is 15.8. The van der Waals surface area contributed by atoms with Gasteiger partial charge in [-0.3, -0.25) is 14.4 Å². The monoisotopic (exact) mass is 387 g/mol. The van der Waals surface area contributed by atoms with Crippen molar-refractivity contribution in [3.63, 3.8) is 0 Å². The number of nitrogens with zero attached hydrogens (tertiary/aromatic N) is 6. The lowest BCUT2D eigenvalue weighted by molar-refractivity contribution is 0.298. The van der Waals surface area contributed by atoms with Crippen LogP contribution in [-0.4, -0.2) is 38.5 Å². The summed E-state index contributed by atoms with van der Waals surface area (Å²) in [6, 6.07) is 9.26. The van der Waals surface area contributed by atoms with E-state index < -0.39 is 0 Å². The average Bonchev–Trinajstić information content (AvgIpc) is 3.16. The number of imidazole rings is 1. The largest absolute Gasteiger partial charge is 0.486 e. The number of ether oxygens (including phenoxy) is 2. The molecule has 0 radical (unpaired) electrons. The molecule has 4 aromatic rings. The van der Waals surface area contributed by atoms with Gasteiger partial charge >= 0.3 is 0 Å². The van der Waals surface area contributed by atoms with Crippen molar-refractivity contribution in [3.05, 3.63) is 60.3 Å². The average molecular weight is 387 g/mol. The Hall–Kier alpha value is -4.19. The number of nitrogens with one attached hydrogen (secondary N) is 1. The molecule has 1 N–H and O–H groups in total. The van der Waals surface area contributed by atoms with E-state index in [1.165, 1.54) is 0 Å². The predicted molar refractivity (Wildman–Crippen MR) is 106 cm³/mol. The molecular formula is C20H17N7O2. The molecule has 0 unspecified atom stereocenters. The number of aromatic nitrogens is 5. The van der Waals surface area contributed by atoms with Gasteiger partial charge in [0.2, 0.25) is 5.88 Å². The van der Waals surface area contributed by atoms with E-state index in [0.717, 1.165) is 5.82 Å². The molecule has 144 valence electrons. The van der Waals surface area contributed by atoms with E-state index in [0.29, 0.717) is 39.9 Å². The number of methoxy groups -OCH3 is 1. The molecule has 4 aromatic heterocycles. The lowest BCUT2D eigenvalue weighted by atomic mass is 10.2. The van der Waals surface area contributed by atoms with Crippen LogP contribution in [-0.2, 0) is 6.61 Å². The van der Waals surface area contributed by atoms with Gasteiger partial charge in [-0.05, 0) is 24.3 Å². The molecule has 0 amide bonds. The molecule has 0 aliphatic heterocycles. The third-order valence-electron chi connectivity index (χ3n) is 4.25. The van der Waals surface area contributed by atoms with Crippen LogP contribution >= 0.6 is 0 Å². The summed E-state index contributed by atoms with van der Waals surface area (Å²) in [6.07, 6.45) is 6.59. The van der Waals surface area contributed by atoms with Gasteiger partial charge in [0.1, 0.15) is 29.5 Å². The van der Waals surface area contributed by atoms with Crippen molar-refractivity contribution in [2.45, 2.75) is 6.61 Å². The van der Waals surface area contributed by atoms with Crippen LogP contribution in [0.5, 0.6) is 11.6 Å². The van der Waals surface area contributed by atoms with Gasteiger partial charge in [0, 0.05) is 13.2 Å². The molecule has 0 saturated heterocycles. The highest BCUT2D eigenvalue weighted by Gasteiger charge is 2.14.